The zero-order valence-corrected chi connectivity index (χ0v) is 17.9. The third-order valence-electron chi connectivity index (χ3n) is 5.24. The molecule has 0 bridgehead atoms. The number of para-hydroxylation sites is 1. The number of aryl methyl sites for hydroxylation is 1. The summed E-state index contributed by atoms with van der Waals surface area (Å²) in [7, 11) is 3.60. The zero-order valence-electron chi connectivity index (χ0n) is 17.9. The summed E-state index contributed by atoms with van der Waals surface area (Å²) >= 11 is 0. The molecule has 30 heavy (non-hydrogen) atoms. The highest BCUT2D eigenvalue weighted by molar-refractivity contribution is 5.98. The average molecular weight is 410 g/mol. The third-order valence-corrected chi connectivity index (χ3v) is 5.24. The molecule has 0 aliphatic rings. The van der Waals surface area contributed by atoms with E-state index in [2.05, 4.69) is 10.1 Å². The van der Waals surface area contributed by atoms with Crippen LogP contribution in [0.5, 0.6) is 5.75 Å². The minimum atomic E-state index is -0.409. The van der Waals surface area contributed by atoms with Crippen LogP contribution in [0.15, 0.2) is 52.7 Å². The van der Waals surface area contributed by atoms with E-state index < -0.39 is 5.82 Å². The van der Waals surface area contributed by atoms with Crippen molar-refractivity contribution in [3.05, 3.63) is 59.2 Å². The SMILES string of the molecule is CN=C(C)/C(CCOc1c(F)cccc1-c1ccc2c(c1)c(CN)nn2C)=C(/C)N. The van der Waals surface area contributed by atoms with Crippen LogP contribution in [0.4, 0.5) is 4.39 Å². The number of ether oxygens (including phenoxy) is 1. The summed E-state index contributed by atoms with van der Waals surface area (Å²) in [6.07, 6.45) is 0.540. The number of nitrogens with zero attached hydrogens (tertiary/aromatic N) is 3. The van der Waals surface area contributed by atoms with Crippen LogP contribution in [-0.2, 0) is 13.6 Å². The Morgan fingerprint density at radius 1 is 1.23 bits per heavy atom. The standard InChI is InChI=1S/C23H28FN5O/c1-14(26)17(15(2)27-3)10-11-30-23-18(6-5-7-20(23)24)16-8-9-22-19(12-16)21(13-25)28-29(22)4/h5-9,12H,10-11,13,25-26H2,1-4H3/b17-14-,27-15?. The molecule has 0 saturated carbocycles. The molecule has 6 nitrogen and oxygen atoms in total. The number of fused-ring (bicyclic) bond motifs is 1. The minimum Gasteiger partial charge on any atom is -0.490 e. The fourth-order valence-electron chi connectivity index (χ4n) is 3.59. The van der Waals surface area contributed by atoms with Crippen LogP contribution < -0.4 is 16.2 Å². The van der Waals surface area contributed by atoms with Crippen molar-refractivity contribution in [3.63, 3.8) is 0 Å². The van der Waals surface area contributed by atoms with Gasteiger partial charge in [-0.15, -0.1) is 0 Å². The molecule has 3 aromatic rings. The molecule has 4 N–H and O–H groups in total. The highest BCUT2D eigenvalue weighted by Crippen LogP contribution is 2.35. The van der Waals surface area contributed by atoms with Gasteiger partial charge in [-0.25, -0.2) is 4.39 Å². The Morgan fingerprint density at radius 2 is 2.00 bits per heavy atom. The number of aromatic nitrogens is 2. The lowest BCUT2D eigenvalue weighted by atomic mass is 10.0. The lowest BCUT2D eigenvalue weighted by Crippen LogP contribution is -2.11. The molecule has 3 rings (SSSR count). The molecule has 0 aliphatic carbocycles. The molecule has 0 fully saturated rings. The van der Waals surface area contributed by atoms with Crippen LogP contribution in [0.2, 0.25) is 0 Å². The lowest BCUT2D eigenvalue weighted by Gasteiger charge is -2.15. The van der Waals surface area contributed by atoms with Crippen molar-refractivity contribution in [2.75, 3.05) is 13.7 Å². The average Bonchev–Trinajstić information content (AvgIpc) is 3.06. The summed E-state index contributed by atoms with van der Waals surface area (Å²) < 4.78 is 22.4. The van der Waals surface area contributed by atoms with Crippen LogP contribution in [0.3, 0.4) is 0 Å². The first-order valence-electron chi connectivity index (χ1n) is 9.83. The Morgan fingerprint density at radius 3 is 2.67 bits per heavy atom. The predicted molar refractivity (Wildman–Crippen MR) is 120 cm³/mol. The van der Waals surface area contributed by atoms with E-state index >= 15 is 0 Å². The molecule has 0 radical (unpaired) electrons. The van der Waals surface area contributed by atoms with E-state index in [0.717, 1.165) is 33.4 Å². The van der Waals surface area contributed by atoms with Gasteiger partial charge in [0.05, 0.1) is 17.8 Å². The number of rotatable bonds is 7. The van der Waals surface area contributed by atoms with Crippen LogP contribution in [0.25, 0.3) is 22.0 Å². The van der Waals surface area contributed by atoms with Crippen molar-refractivity contribution in [3.8, 4) is 16.9 Å². The van der Waals surface area contributed by atoms with E-state index in [1.807, 2.05) is 45.2 Å². The van der Waals surface area contributed by atoms with Gasteiger partial charge in [0, 0.05) is 49.4 Å². The number of aliphatic imine (C=N–C) groups is 1. The Labute approximate surface area is 176 Å². The minimum absolute atomic E-state index is 0.218. The molecule has 1 aromatic heterocycles. The van der Waals surface area contributed by atoms with Crippen LogP contribution in [-0.4, -0.2) is 29.1 Å². The van der Waals surface area contributed by atoms with Gasteiger partial charge >= 0.3 is 0 Å². The second-order valence-electron chi connectivity index (χ2n) is 7.19. The summed E-state index contributed by atoms with van der Waals surface area (Å²) in [5, 5.41) is 5.40. The van der Waals surface area contributed by atoms with Crippen molar-refractivity contribution in [2.24, 2.45) is 23.5 Å². The maximum atomic E-state index is 14.7. The van der Waals surface area contributed by atoms with E-state index in [1.165, 1.54) is 6.07 Å². The van der Waals surface area contributed by atoms with E-state index in [0.29, 0.717) is 24.2 Å². The van der Waals surface area contributed by atoms with Crippen LogP contribution in [0, 0.1) is 5.82 Å². The molecule has 0 atom stereocenters. The van der Waals surface area contributed by atoms with Gasteiger partial charge in [0.15, 0.2) is 11.6 Å². The number of benzene rings is 2. The van der Waals surface area contributed by atoms with Crippen molar-refractivity contribution < 1.29 is 9.13 Å². The molecule has 0 aliphatic heterocycles. The third kappa shape index (κ3) is 4.21. The normalized spacial score (nSPS) is 12.9. The van der Waals surface area contributed by atoms with E-state index in [1.54, 1.807) is 17.8 Å². The van der Waals surface area contributed by atoms with E-state index in [9.17, 15) is 4.39 Å². The first kappa shape index (κ1) is 21.5. The predicted octanol–water partition coefficient (Wildman–Crippen LogP) is 3.93. The largest absolute Gasteiger partial charge is 0.490 e. The summed E-state index contributed by atoms with van der Waals surface area (Å²) in [6.45, 7) is 4.35. The quantitative estimate of drug-likeness (QED) is 0.579. The first-order valence-corrected chi connectivity index (χ1v) is 9.83. The van der Waals surface area contributed by atoms with E-state index in [-0.39, 0.29) is 12.4 Å². The van der Waals surface area contributed by atoms with Gasteiger partial charge in [-0.1, -0.05) is 18.2 Å². The highest BCUT2D eigenvalue weighted by atomic mass is 19.1. The molecule has 2 aromatic carbocycles. The fourth-order valence-corrected chi connectivity index (χ4v) is 3.59. The fraction of sp³-hybridized carbons (Fsp3) is 0.304. The number of nitrogens with two attached hydrogens (primary N) is 2. The molecule has 7 heteroatoms. The number of hydrogen-bond donors (Lipinski definition) is 2. The molecular formula is C23H28FN5O. The van der Waals surface area contributed by atoms with Crippen LogP contribution in [0.1, 0.15) is 26.0 Å². The molecular weight excluding hydrogens is 381 g/mol. The van der Waals surface area contributed by atoms with Gasteiger partial charge < -0.3 is 16.2 Å². The monoisotopic (exact) mass is 409 g/mol. The van der Waals surface area contributed by atoms with Crippen molar-refractivity contribution >= 4 is 16.6 Å². The zero-order chi connectivity index (χ0) is 21.8. The van der Waals surface area contributed by atoms with Crippen molar-refractivity contribution in [2.45, 2.75) is 26.8 Å². The summed E-state index contributed by atoms with van der Waals surface area (Å²) in [6, 6.07) is 10.8. The summed E-state index contributed by atoms with van der Waals surface area (Å²) in [4.78, 5) is 4.20. The topological polar surface area (TPSA) is 91.5 Å². The molecule has 158 valence electrons. The molecule has 0 spiro atoms. The Balaban J connectivity index is 1.94. The second kappa shape index (κ2) is 9.09. The number of hydrogen-bond acceptors (Lipinski definition) is 5. The van der Waals surface area contributed by atoms with Gasteiger partial charge in [0.25, 0.3) is 0 Å². The maximum absolute atomic E-state index is 14.7. The van der Waals surface area contributed by atoms with Crippen molar-refractivity contribution in [1.29, 1.82) is 0 Å². The number of allylic oxidation sites excluding steroid dienone is 1. The number of halogens is 1. The van der Waals surface area contributed by atoms with E-state index in [4.69, 9.17) is 16.2 Å². The molecule has 1 heterocycles. The molecule has 0 amide bonds. The maximum Gasteiger partial charge on any atom is 0.165 e. The van der Waals surface area contributed by atoms with Gasteiger partial charge in [-0.05, 0) is 43.2 Å². The van der Waals surface area contributed by atoms with Crippen LogP contribution >= 0.6 is 0 Å². The van der Waals surface area contributed by atoms with Gasteiger partial charge in [0.2, 0.25) is 0 Å². The summed E-state index contributed by atoms with van der Waals surface area (Å²) in [5.74, 6) is -0.191. The smallest absolute Gasteiger partial charge is 0.165 e. The molecule has 0 saturated heterocycles. The Bertz CT molecular complexity index is 1130. The first-order chi connectivity index (χ1) is 14.4. The summed E-state index contributed by atoms with van der Waals surface area (Å²) in [5.41, 5.74) is 17.6. The van der Waals surface area contributed by atoms with Gasteiger partial charge in [-0.3, -0.25) is 9.67 Å². The van der Waals surface area contributed by atoms with Gasteiger partial charge in [0.1, 0.15) is 0 Å². The molecule has 0 unspecified atom stereocenters. The van der Waals surface area contributed by atoms with Crippen molar-refractivity contribution in [1.82, 2.24) is 9.78 Å². The Hall–Kier alpha value is -3.19. The Kier molecular flexibility index (Phi) is 6.52. The highest BCUT2D eigenvalue weighted by Gasteiger charge is 2.15. The lowest BCUT2D eigenvalue weighted by molar-refractivity contribution is 0.307. The van der Waals surface area contributed by atoms with Gasteiger partial charge in [-0.2, -0.15) is 5.10 Å². The second-order valence-corrected chi connectivity index (χ2v) is 7.19.